The minimum Gasteiger partial charge on any atom is -0.508 e. The zero-order valence-corrected chi connectivity index (χ0v) is 13.5. The van der Waals surface area contributed by atoms with Crippen molar-refractivity contribution in [2.45, 2.75) is 13.0 Å². The summed E-state index contributed by atoms with van der Waals surface area (Å²) in [6.45, 7) is 6.32. The van der Waals surface area contributed by atoms with E-state index in [4.69, 9.17) is 11.6 Å². The summed E-state index contributed by atoms with van der Waals surface area (Å²) in [5.41, 5.74) is 2.49. The third kappa shape index (κ3) is 3.37. The molecule has 0 bridgehead atoms. The molecule has 0 aliphatic carbocycles. The number of nitrogens with zero attached hydrogens (tertiary/aromatic N) is 2. The van der Waals surface area contributed by atoms with E-state index in [1.807, 2.05) is 24.3 Å². The lowest BCUT2D eigenvalue weighted by Crippen LogP contribution is -2.47. The predicted molar refractivity (Wildman–Crippen MR) is 91.8 cm³/mol. The molecule has 0 spiro atoms. The van der Waals surface area contributed by atoms with Crippen molar-refractivity contribution in [3.05, 3.63) is 59.1 Å². The topological polar surface area (TPSA) is 26.7 Å². The fraction of sp³-hybridized carbons (Fsp3) is 0.333. The predicted octanol–water partition coefficient (Wildman–Crippen LogP) is 3.93. The van der Waals surface area contributed by atoms with Crippen LogP contribution in [0.15, 0.2) is 48.5 Å². The molecular formula is C18H21ClN2O. The summed E-state index contributed by atoms with van der Waals surface area (Å²) in [5, 5.41) is 10.2. The van der Waals surface area contributed by atoms with Crippen LogP contribution in [0.25, 0.3) is 0 Å². The van der Waals surface area contributed by atoms with Crippen molar-refractivity contribution in [3.8, 4) is 5.75 Å². The van der Waals surface area contributed by atoms with Crippen LogP contribution in [-0.2, 0) is 0 Å². The van der Waals surface area contributed by atoms with Crippen LogP contribution in [0.5, 0.6) is 5.75 Å². The van der Waals surface area contributed by atoms with Gasteiger partial charge in [-0.05, 0) is 48.9 Å². The van der Waals surface area contributed by atoms with Crippen molar-refractivity contribution < 1.29 is 5.11 Å². The molecular weight excluding hydrogens is 296 g/mol. The Hall–Kier alpha value is -1.71. The van der Waals surface area contributed by atoms with E-state index in [0.717, 1.165) is 31.2 Å². The number of piperazine rings is 1. The zero-order valence-electron chi connectivity index (χ0n) is 12.7. The van der Waals surface area contributed by atoms with Crippen LogP contribution in [0.1, 0.15) is 18.5 Å². The van der Waals surface area contributed by atoms with E-state index in [1.54, 1.807) is 12.1 Å². The summed E-state index contributed by atoms with van der Waals surface area (Å²) < 4.78 is 0. The lowest BCUT2D eigenvalue weighted by molar-refractivity contribution is 0.198. The quantitative estimate of drug-likeness (QED) is 0.929. The van der Waals surface area contributed by atoms with Crippen LogP contribution in [0.2, 0.25) is 5.02 Å². The number of hydrogen-bond donors (Lipinski definition) is 1. The van der Waals surface area contributed by atoms with Gasteiger partial charge in [0.1, 0.15) is 5.75 Å². The highest BCUT2D eigenvalue weighted by Crippen LogP contribution is 2.25. The van der Waals surface area contributed by atoms with E-state index in [9.17, 15) is 5.11 Å². The van der Waals surface area contributed by atoms with Crippen LogP contribution < -0.4 is 4.90 Å². The Morgan fingerprint density at radius 2 is 1.50 bits per heavy atom. The molecule has 2 aromatic rings. The van der Waals surface area contributed by atoms with Gasteiger partial charge in [-0.3, -0.25) is 4.90 Å². The number of benzene rings is 2. The van der Waals surface area contributed by atoms with E-state index in [2.05, 4.69) is 28.9 Å². The van der Waals surface area contributed by atoms with E-state index >= 15 is 0 Å². The Morgan fingerprint density at radius 1 is 0.909 bits per heavy atom. The summed E-state index contributed by atoms with van der Waals surface area (Å²) in [6, 6.07) is 16.0. The summed E-state index contributed by atoms with van der Waals surface area (Å²) in [6.07, 6.45) is 0. The lowest BCUT2D eigenvalue weighted by atomic mass is 10.1. The Morgan fingerprint density at radius 3 is 2.09 bits per heavy atom. The van der Waals surface area contributed by atoms with Gasteiger partial charge in [0.15, 0.2) is 0 Å². The summed E-state index contributed by atoms with van der Waals surface area (Å²) in [4.78, 5) is 4.87. The van der Waals surface area contributed by atoms with Gasteiger partial charge >= 0.3 is 0 Å². The highest BCUT2D eigenvalue weighted by atomic mass is 35.5. The zero-order chi connectivity index (χ0) is 15.5. The number of halogens is 1. The second-order valence-corrected chi connectivity index (χ2v) is 6.20. The van der Waals surface area contributed by atoms with Gasteiger partial charge in [-0.2, -0.15) is 0 Å². The van der Waals surface area contributed by atoms with Gasteiger partial charge in [0.25, 0.3) is 0 Å². The molecule has 22 heavy (non-hydrogen) atoms. The highest BCUT2D eigenvalue weighted by Gasteiger charge is 2.22. The largest absolute Gasteiger partial charge is 0.508 e. The first-order valence-electron chi connectivity index (χ1n) is 7.67. The summed E-state index contributed by atoms with van der Waals surface area (Å²) in [7, 11) is 0. The number of hydrogen-bond acceptors (Lipinski definition) is 3. The molecule has 4 heteroatoms. The number of phenols is 1. The molecule has 0 aromatic heterocycles. The van der Waals surface area contributed by atoms with Crippen molar-refractivity contribution in [2.75, 3.05) is 31.1 Å². The molecule has 1 aliphatic rings. The first kappa shape index (κ1) is 15.2. The highest BCUT2D eigenvalue weighted by molar-refractivity contribution is 6.30. The molecule has 3 rings (SSSR count). The third-order valence-electron chi connectivity index (χ3n) is 4.43. The molecule has 2 aromatic carbocycles. The van der Waals surface area contributed by atoms with Crippen molar-refractivity contribution >= 4 is 17.3 Å². The number of aromatic hydroxyl groups is 1. The molecule has 1 N–H and O–H groups in total. The van der Waals surface area contributed by atoms with Gasteiger partial charge < -0.3 is 10.0 Å². The lowest BCUT2D eigenvalue weighted by Gasteiger charge is -2.39. The minimum atomic E-state index is 0.318. The van der Waals surface area contributed by atoms with Crippen molar-refractivity contribution in [1.82, 2.24) is 4.90 Å². The first-order valence-corrected chi connectivity index (χ1v) is 8.05. The Labute approximate surface area is 136 Å². The number of anilines is 1. The summed E-state index contributed by atoms with van der Waals surface area (Å²) >= 11 is 5.96. The number of rotatable bonds is 3. The van der Waals surface area contributed by atoms with E-state index in [1.165, 1.54) is 11.3 Å². The molecule has 1 atom stereocenters. The molecule has 1 unspecified atom stereocenters. The minimum absolute atomic E-state index is 0.318. The SMILES string of the molecule is CC(c1ccc(Cl)cc1)N1CCN(c2ccc(O)cc2)CC1. The fourth-order valence-corrected chi connectivity index (χ4v) is 3.11. The monoisotopic (exact) mass is 316 g/mol. The van der Waals surface area contributed by atoms with Gasteiger partial charge in [-0.15, -0.1) is 0 Å². The van der Waals surface area contributed by atoms with Gasteiger partial charge in [-0.1, -0.05) is 23.7 Å². The molecule has 1 saturated heterocycles. The van der Waals surface area contributed by atoms with E-state index in [0.29, 0.717) is 11.8 Å². The van der Waals surface area contributed by atoms with Crippen LogP contribution in [-0.4, -0.2) is 36.2 Å². The van der Waals surface area contributed by atoms with Crippen molar-refractivity contribution in [2.24, 2.45) is 0 Å². The van der Waals surface area contributed by atoms with Crippen molar-refractivity contribution in [3.63, 3.8) is 0 Å². The standard InChI is InChI=1S/C18H21ClN2O/c1-14(15-2-4-16(19)5-3-15)20-10-12-21(13-11-20)17-6-8-18(22)9-7-17/h2-9,14,22H,10-13H2,1H3. The second-order valence-electron chi connectivity index (χ2n) is 5.77. The van der Waals surface area contributed by atoms with Crippen molar-refractivity contribution in [1.29, 1.82) is 0 Å². The maximum Gasteiger partial charge on any atom is 0.115 e. The van der Waals surface area contributed by atoms with Gasteiger partial charge in [0, 0.05) is 42.9 Å². The van der Waals surface area contributed by atoms with Crippen LogP contribution >= 0.6 is 11.6 Å². The molecule has 3 nitrogen and oxygen atoms in total. The normalized spacial score (nSPS) is 17.5. The van der Waals surface area contributed by atoms with Gasteiger partial charge in [0.05, 0.1) is 0 Å². The fourth-order valence-electron chi connectivity index (χ4n) is 2.98. The smallest absolute Gasteiger partial charge is 0.115 e. The average molecular weight is 317 g/mol. The van der Waals surface area contributed by atoms with Crippen LogP contribution in [0.3, 0.4) is 0 Å². The molecule has 0 saturated carbocycles. The Balaban J connectivity index is 1.61. The molecule has 1 heterocycles. The summed E-state index contributed by atoms with van der Waals surface area (Å²) in [5.74, 6) is 0.318. The Kier molecular flexibility index (Phi) is 4.55. The maximum absolute atomic E-state index is 9.38. The van der Waals surface area contributed by atoms with Crippen LogP contribution in [0.4, 0.5) is 5.69 Å². The maximum atomic E-state index is 9.38. The molecule has 1 aliphatic heterocycles. The average Bonchev–Trinajstić information content (AvgIpc) is 2.56. The Bertz CT molecular complexity index is 604. The number of phenolic OH excluding ortho intramolecular Hbond substituents is 1. The molecule has 1 fully saturated rings. The van der Waals surface area contributed by atoms with Gasteiger partial charge in [0.2, 0.25) is 0 Å². The van der Waals surface area contributed by atoms with E-state index in [-0.39, 0.29) is 0 Å². The van der Waals surface area contributed by atoms with E-state index < -0.39 is 0 Å². The first-order chi connectivity index (χ1) is 10.6. The molecule has 116 valence electrons. The molecule has 0 radical (unpaired) electrons. The van der Waals surface area contributed by atoms with Gasteiger partial charge in [-0.25, -0.2) is 0 Å². The molecule has 0 amide bonds. The third-order valence-corrected chi connectivity index (χ3v) is 4.68. The van der Waals surface area contributed by atoms with Crippen LogP contribution in [0, 0.1) is 0 Å². The second kappa shape index (κ2) is 6.59.